The van der Waals surface area contributed by atoms with Crippen LogP contribution in [0.5, 0.6) is 0 Å². The standard InChI is InChI=1S/C87H56N4/c88-57-69-25-13-15-27-77(69)63-29-37-71(38-30-63)87(72-39-31-64(32-40-72)78-28-16-14-26-70(78)58-89,73-41-45-75(46-42-73)90-83-49-33-65(59-17-5-1-6-18-59)53-79(83)80-54-66(34-50-84(80)90)60-19-7-2-8-20-60)74-43-47-76(48-44-74)91-85-51-35-67(61-21-9-3-10-22-61)55-81(85)82-56-68(36-52-86(82)91)62-23-11-4-12-24-62/h1-56H. The molecule has 0 aliphatic rings. The zero-order chi connectivity index (χ0) is 60.8. The number of aromatic nitrogens is 2. The molecule has 0 spiro atoms. The SMILES string of the molecule is N#Cc1ccccc1-c1ccc(C(c2ccc(-c3ccccc3C#N)cc2)(c2ccc(-n3c4ccc(-c5ccccc5)cc4c4cc(-c5ccccc5)ccc43)cc2)c2ccc(-n3c4ccc(-c5ccccc5)cc4c4cc(-c5ccccc5)ccc43)cc2)cc1. The lowest BCUT2D eigenvalue weighted by Crippen LogP contribution is -2.31. The predicted octanol–water partition coefficient (Wildman–Crippen LogP) is 22.0. The largest absolute Gasteiger partial charge is 0.309 e. The van der Waals surface area contributed by atoms with Gasteiger partial charge in [-0.05, 0) is 174 Å². The lowest BCUT2D eigenvalue weighted by molar-refractivity contribution is 0.744. The third-order valence-corrected chi connectivity index (χ3v) is 18.4. The van der Waals surface area contributed by atoms with E-state index in [1.165, 1.54) is 66.1 Å². The highest BCUT2D eigenvalue weighted by Crippen LogP contribution is 2.48. The molecule has 91 heavy (non-hydrogen) atoms. The molecular weight excluding hydrogens is 1100 g/mol. The quantitative estimate of drug-likeness (QED) is 0.114. The van der Waals surface area contributed by atoms with Crippen molar-refractivity contribution in [2.75, 3.05) is 0 Å². The van der Waals surface area contributed by atoms with Crippen LogP contribution in [0.1, 0.15) is 33.4 Å². The second-order valence-electron chi connectivity index (χ2n) is 23.4. The van der Waals surface area contributed by atoms with E-state index in [0.717, 1.165) is 77.9 Å². The van der Waals surface area contributed by atoms with E-state index in [2.05, 4.69) is 312 Å². The van der Waals surface area contributed by atoms with E-state index in [0.29, 0.717) is 11.1 Å². The van der Waals surface area contributed by atoms with E-state index in [1.807, 2.05) is 48.5 Å². The van der Waals surface area contributed by atoms with Gasteiger partial charge in [0.1, 0.15) is 0 Å². The first-order valence-electron chi connectivity index (χ1n) is 30.8. The van der Waals surface area contributed by atoms with Gasteiger partial charge < -0.3 is 9.13 Å². The Morgan fingerprint density at radius 3 is 0.736 bits per heavy atom. The van der Waals surface area contributed by atoms with Gasteiger partial charge in [0.25, 0.3) is 0 Å². The smallest absolute Gasteiger partial charge is 0.0998 e. The van der Waals surface area contributed by atoms with Crippen LogP contribution < -0.4 is 0 Å². The second kappa shape index (κ2) is 22.7. The lowest BCUT2D eigenvalue weighted by atomic mass is 9.65. The number of rotatable bonds is 12. The van der Waals surface area contributed by atoms with Crippen molar-refractivity contribution in [3.63, 3.8) is 0 Å². The van der Waals surface area contributed by atoms with Crippen LogP contribution in [-0.2, 0) is 5.41 Å². The van der Waals surface area contributed by atoms with Gasteiger partial charge in [0, 0.05) is 32.9 Å². The molecule has 4 heteroatoms. The second-order valence-corrected chi connectivity index (χ2v) is 23.4. The molecule has 0 aliphatic carbocycles. The minimum atomic E-state index is -0.913. The number of nitriles is 2. The fourth-order valence-electron chi connectivity index (χ4n) is 14.0. The maximum Gasteiger partial charge on any atom is 0.0998 e. The van der Waals surface area contributed by atoms with Crippen LogP contribution in [0.25, 0.3) is 122 Å². The number of benzene rings is 14. The van der Waals surface area contributed by atoms with Crippen LogP contribution >= 0.6 is 0 Å². The highest BCUT2D eigenvalue weighted by Gasteiger charge is 2.39. The van der Waals surface area contributed by atoms with Gasteiger partial charge in [-0.15, -0.1) is 0 Å². The Hall–Kier alpha value is -12.3. The minimum absolute atomic E-state index is 0.621. The Bertz CT molecular complexity index is 4940. The molecule has 0 bridgehead atoms. The highest BCUT2D eigenvalue weighted by atomic mass is 15.0. The van der Waals surface area contributed by atoms with E-state index in [1.54, 1.807) is 0 Å². The summed E-state index contributed by atoms with van der Waals surface area (Å²) in [6, 6.07) is 127. The molecule has 4 nitrogen and oxygen atoms in total. The third kappa shape index (κ3) is 9.38. The zero-order valence-corrected chi connectivity index (χ0v) is 49.6. The van der Waals surface area contributed by atoms with E-state index in [9.17, 15) is 10.5 Å². The number of nitrogens with zero attached hydrogens (tertiary/aromatic N) is 4. The molecule has 2 aromatic heterocycles. The molecule has 424 valence electrons. The van der Waals surface area contributed by atoms with E-state index in [-0.39, 0.29) is 0 Å². The van der Waals surface area contributed by atoms with Gasteiger partial charge in [0.2, 0.25) is 0 Å². The van der Waals surface area contributed by atoms with Crippen LogP contribution in [-0.4, -0.2) is 9.13 Å². The average molecular weight is 1160 g/mol. The van der Waals surface area contributed by atoms with Crippen molar-refractivity contribution in [2.45, 2.75) is 5.41 Å². The summed E-state index contributed by atoms with van der Waals surface area (Å²) in [5.74, 6) is 0. The van der Waals surface area contributed by atoms with Gasteiger partial charge in [-0.1, -0.05) is 255 Å². The molecule has 0 saturated heterocycles. The molecule has 16 rings (SSSR count). The molecular formula is C87H56N4. The molecule has 2 heterocycles. The molecule has 0 amide bonds. The topological polar surface area (TPSA) is 57.4 Å². The maximum atomic E-state index is 10.3. The third-order valence-electron chi connectivity index (χ3n) is 18.4. The van der Waals surface area contributed by atoms with Crippen molar-refractivity contribution < 1.29 is 0 Å². The summed E-state index contributed by atoms with van der Waals surface area (Å²) in [5, 5.41) is 25.4. The van der Waals surface area contributed by atoms with Crippen LogP contribution in [0.2, 0.25) is 0 Å². The lowest BCUT2D eigenvalue weighted by Gasteiger charge is -2.37. The van der Waals surface area contributed by atoms with E-state index in [4.69, 9.17) is 0 Å². The van der Waals surface area contributed by atoms with Crippen molar-refractivity contribution >= 4 is 43.6 Å². The fourth-order valence-corrected chi connectivity index (χ4v) is 14.0. The molecule has 14 aromatic carbocycles. The fraction of sp³-hybridized carbons (Fsp3) is 0.0115. The molecule has 0 fully saturated rings. The van der Waals surface area contributed by atoms with Crippen molar-refractivity contribution in [3.8, 4) is 90.3 Å². The van der Waals surface area contributed by atoms with Gasteiger partial charge in [-0.3, -0.25) is 0 Å². The molecule has 0 N–H and O–H groups in total. The minimum Gasteiger partial charge on any atom is -0.309 e. The normalized spacial score (nSPS) is 11.5. The Morgan fingerprint density at radius 1 is 0.220 bits per heavy atom. The van der Waals surface area contributed by atoms with Crippen LogP contribution in [0.4, 0.5) is 0 Å². The van der Waals surface area contributed by atoms with Crippen LogP contribution in [0.15, 0.2) is 340 Å². The van der Waals surface area contributed by atoms with Gasteiger partial charge in [0.05, 0.1) is 50.7 Å². The van der Waals surface area contributed by atoms with Gasteiger partial charge >= 0.3 is 0 Å². The first-order chi connectivity index (χ1) is 45.0. The first-order valence-corrected chi connectivity index (χ1v) is 30.8. The summed E-state index contributed by atoms with van der Waals surface area (Å²) in [6.45, 7) is 0. The number of hydrogen-bond acceptors (Lipinski definition) is 2. The molecule has 0 unspecified atom stereocenters. The van der Waals surface area contributed by atoms with Gasteiger partial charge in [-0.25, -0.2) is 0 Å². The van der Waals surface area contributed by atoms with Gasteiger partial charge in [0.15, 0.2) is 0 Å². The number of hydrogen-bond donors (Lipinski definition) is 0. The van der Waals surface area contributed by atoms with E-state index < -0.39 is 5.41 Å². The monoisotopic (exact) mass is 1160 g/mol. The Labute approximate surface area is 529 Å². The molecule has 16 aromatic rings. The molecule has 0 atom stereocenters. The molecule has 0 radical (unpaired) electrons. The molecule has 0 aliphatic heterocycles. The van der Waals surface area contributed by atoms with Crippen molar-refractivity contribution in [1.82, 2.24) is 9.13 Å². The first kappa shape index (κ1) is 54.1. The van der Waals surface area contributed by atoms with E-state index >= 15 is 0 Å². The van der Waals surface area contributed by atoms with Crippen LogP contribution in [0, 0.1) is 22.7 Å². The summed E-state index contributed by atoms with van der Waals surface area (Å²) in [6.07, 6.45) is 0. The summed E-state index contributed by atoms with van der Waals surface area (Å²) in [5.41, 5.74) is 24.2. The van der Waals surface area contributed by atoms with Crippen molar-refractivity contribution in [3.05, 3.63) is 373 Å². The summed E-state index contributed by atoms with van der Waals surface area (Å²) in [7, 11) is 0. The van der Waals surface area contributed by atoms with Gasteiger partial charge in [-0.2, -0.15) is 10.5 Å². The maximum absolute atomic E-state index is 10.3. The Morgan fingerprint density at radius 2 is 0.462 bits per heavy atom. The summed E-state index contributed by atoms with van der Waals surface area (Å²) < 4.78 is 4.82. The summed E-state index contributed by atoms with van der Waals surface area (Å²) >= 11 is 0. The average Bonchev–Trinajstić information content (AvgIpc) is 1.74. The van der Waals surface area contributed by atoms with Crippen molar-refractivity contribution in [2.24, 2.45) is 0 Å². The predicted molar refractivity (Wildman–Crippen MR) is 375 cm³/mol. The summed E-state index contributed by atoms with van der Waals surface area (Å²) in [4.78, 5) is 0. The highest BCUT2D eigenvalue weighted by molar-refractivity contribution is 6.13. The number of fused-ring (bicyclic) bond motifs is 6. The zero-order valence-electron chi connectivity index (χ0n) is 49.6. The Balaban J connectivity index is 0.913. The Kier molecular flexibility index (Phi) is 13.5. The van der Waals surface area contributed by atoms with Crippen LogP contribution in [0.3, 0.4) is 0 Å². The molecule has 0 saturated carbocycles. The van der Waals surface area contributed by atoms with Crippen molar-refractivity contribution in [1.29, 1.82) is 10.5 Å².